The van der Waals surface area contributed by atoms with Crippen LogP contribution in [0.25, 0.3) is 0 Å². The van der Waals surface area contributed by atoms with E-state index in [1.807, 2.05) is 18.2 Å². The van der Waals surface area contributed by atoms with Gasteiger partial charge in [-0.3, -0.25) is 0 Å². The average molecular weight is 273 g/mol. The Morgan fingerprint density at radius 1 is 1.20 bits per heavy atom. The van der Waals surface area contributed by atoms with Crippen molar-refractivity contribution in [3.63, 3.8) is 0 Å². The highest BCUT2D eigenvalue weighted by atomic mass is 16.5. The summed E-state index contributed by atoms with van der Waals surface area (Å²) in [7, 11) is 0. The molecule has 6 heteroatoms. The van der Waals surface area contributed by atoms with Gasteiger partial charge in [-0.2, -0.15) is 4.98 Å². The van der Waals surface area contributed by atoms with Crippen molar-refractivity contribution in [3.8, 4) is 5.75 Å². The third-order valence-electron chi connectivity index (χ3n) is 3.83. The van der Waals surface area contributed by atoms with Gasteiger partial charge in [0.15, 0.2) is 6.10 Å². The van der Waals surface area contributed by atoms with Gasteiger partial charge in [-0.15, -0.1) is 0 Å². The summed E-state index contributed by atoms with van der Waals surface area (Å²) >= 11 is 0. The topological polar surface area (TPSA) is 83.4 Å². The molecule has 1 saturated heterocycles. The third kappa shape index (κ3) is 1.88. The SMILES string of the molecule is NC1COCC1c1nc(C2Cc3ccccc3O2)no1. The fourth-order valence-corrected chi connectivity index (χ4v) is 2.68. The average Bonchev–Trinajstić information content (AvgIpc) is 3.15. The smallest absolute Gasteiger partial charge is 0.233 e. The standard InChI is InChI=1S/C14H15N3O3/c15-10-7-18-6-9(10)14-16-13(17-20-14)12-5-8-3-1-2-4-11(8)19-12/h1-4,9-10,12H,5-7,15H2. The summed E-state index contributed by atoms with van der Waals surface area (Å²) in [6.45, 7) is 1.07. The summed E-state index contributed by atoms with van der Waals surface area (Å²) in [5.74, 6) is 2.00. The maximum Gasteiger partial charge on any atom is 0.233 e. The van der Waals surface area contributed by atoms with Gasteiger partial charge in [0.1, 0.15) is 5.75 Å². The molecule has 3 heterocycles. The van der Waals surface area contributed by atoms with E-state index in [1.54, 1.807) is 0 Å². The highest BCUT2D eigenvalue weighted by Crippen LogP contribution is 2.35. The van der Waals surface area contributed by atoms with Crippen LogP contribution in [-0.4, -0.2) is 29.4 Å². The third-order valence-corrected chi connectivity index (χ3v) is 3.83. The van der Waals surface area contributed by atoms with Crippen LogP contribution in [0.1, 0.15) is 29.3 Å². The van der Waals surface area contributed by atoms with E-state index in [2.05, 4.69) is 16.2 Å². The summed E-state index contributed by atoms with van der Waals surface area (Å²) in [6, 6.07) is 7.89. The lowest BCUT2D eigenvalue weighted by molar-refractivity contribution is 0.187. The minimum atomic E-state index is -0.177. The van der Waals surface area contributed by atoms with E-state index in [0.29, 0.717) is 24.9 Å². The highest BCUT2D eigenvalue weighted by Gasteiger charge is 2.34. The summed E-state index contributed by atoms with van der Waals surface area (Å²) in [5, 5.41) is 4.04. The lowest BCUT2D eigenvalue weighted by Crippen LogP contribution is -2.27. The monoisotopic (exact) mass is 273 g/mol. The summed E-state index contributed by atoms with van der Waals surface area (Å²) in [4.78, 5) is 4.44. The number of aromatic nitrogens is 2. The first-order valence-electron chi connectivity index (χ1n) is 6.72. The Balaban J connectivity index is 1.55. The predicted molar refractivity (Wildman–Crippen MR) is 69.3 cm³/mol. The van der Waals surface area contributed by atoms with Crippen molar-refractivity contribution in [3.05, 3.63) is 41.5 Å². The normalized spacial score (nSPS) is 28.4. The zero-order valence-electron chi connectivity index (χ0n) is 10.9. The maximum atomic E-state index is 5.96. The molecule has 3 unspecified atom stereocenters. The number of rotatable bonds is 2. The zero-order chi connectivity index (χ0) is 13.5. The Morgan fingerprint density at radius 3 is 2.90 bits per heavy atom. The van der Waals surface area contributed by atoms with Crippen LogP contribution in [0, 0.1) is 0 Å². The van der Waals surface area contributed by atoms with Gasteiger partial charge in [0, 0.05) is 12.5 Å². The highest BCUT2D eigenvalue weighted by molar-refractivity contribution is 5.37. The quantitative estimate of drug-likeness (QED) is 0.884. The van der Waals surface area contributed by atoms with Gasteiger partial charge in [-0.1, -0.05) is 23.4 Å². The molecule has 2 N–H and O–H groups in total. The summed E-state index contributed by atoms with van der Waals surface area (Å²) in [6.07, 6.45) is 0.589. The van der Waals surface area contributed by atoms with E-state index in [0.717, 1.165) is 12.2 Å². The van der Waals surface area contributed by atoms with Crippen LogP contribution in [0.2, 0.25) is 0 Å². The van der Waals surface area contributed by atoms with E-state index < -0.39 is 0 Å². The van der Waals surface area contributed by atoms with Crippen LogP contribution in [0.5, 0.6) is 5.75 Å². The minimum absolute atomic E-state index is 0.0139. The largest absolute Gasteiger partial charge is 0.482 e. The van der Waals surface area contributed by atoms with Crippen molar-refractivity contribution in [1.82, 2.24) is 10.1 Å². The lowest BCUT2D eigenvalue weighted by atomic mass is 10.1. The molecule has 2 aromatic rings. The number of hydrogen-bond acceptors (Lipinski definition) is 6. The van der Waals surface area contributed by atoms with Crippen LogP contribution < -0.4 is 10.5 Å². The van der Waals surface area contributed by atoms with Crippen LogP contribution in [0.4, 0.5) is 0 Å². The molecule has 0 radical (unpaired) electrons. The molecule has 1 fully saturated rings. The van der Waals surface area contributed by atoms with E-state index in [1.165, 1.54) is 5.56 Å². The molecular weight excluding hydrogens is 258 g/mol. The fourth-order valence-electron chi connectivity index (χ4n) is 2.68. The van der Waals surface area contributed by atoms with Crippen LogP contribution in [0.3, 0.4) is 0 Å². The van der Waals surface area contributed by atoms with E-state index in [9.17, 15) is 0 Å². The van der Waals surface area contributed by atoms with Gasteiger partial charge in [0.05, 0.1) is 19.1 Å². The second kappa shape index (κ2) is 4.57. The molecule has 4 rings (SSSR count). The Bertz CT molecular complexity index is 603. The molecule has 6 nitrogen and oxygen atoms in total. The van der Waals surface area contributed by atoms with Gasteiger partial charge < -0.3 is 19.7 Å². The number of nitrogens with zero attached hydrogens (tertiary/aromatic N) is 2. The zero-order valence-corrected chi connectivity index (χ0v) is 10.9. The maximum absolute atomic E-state index is 5.96. The van der Waals surface area contributed by atoms with Gasteiger partial charge in [-0.05, 0) is 11.6 Å². The molecule has 0 aliphatic carbocycles. The molecule has 20 heavy (non-hydrogen) atoms. The van der Waals surface area contributed by atoms with Gasteiger partial charge >= 0.3 is 0 Å². The minimum Gasteiger partial charge on any atom is -0.482 e. The molecule has 0 spiro atoms. The first-order valence-corrected chi connectivity index (χ1v) is 6.72. The molecular formula is C14H15N3O3. The van der Waals surface area contributed by atoms with Crippen molar-refractivity contribution in [1.29, 1.82) is 0 Å². The van der Waals surface area contributed by atoms with E-state index >= 15 is 0 Å². The van der Waals surface area contributed by atoms with Crippen molar-refractivity contribution < 1.29 is 14.0 Å². The molecule has 3 atom stereocenters. The van der Waals surface area contributed by atoms with Gasteiger partial charge in [0.2, 0.25) is 11.7 Å². The fraction of sp³-hybridized carbons (Fsp3) is 0.429. The van der Waals surface area contributed by atoms with Crippen molar-refractivity contribution in [2.75, 3.05) is 13.2 Å². The number of nitrogens with two attached hydrogens (primary N) is 1. The van der Waals surface area contributed by atoms with E-state index in [4.69, 9.17) is 19.7 Å². The second-order valence-electron chi connectivity index (χ2n) is 5.22. The summed E-state index contributed by atoms with van der Waals surface area (Å²) in [5.41, 5.74) is 7.13. The lowest BCUT2D eigenvalue weighted by Gasteiger charge is -2.07. The first-order chi connectivity index (χ1) is 9.81. The molecule has 2 aliphatic heterocycles. The number of fused-ring (bicyclic) bond motifs is 1. The Morgan fingerprint density at radius 2 is 2.10 bits per heavy atom. The Hall–Kier alpha value is -1.92. The number of benzene rings is 1. The van der Waals surface area contributed by atoms with Crippen molar-refractivity contribution in [2.45, 2.75) is 24.5 Å². The molecule has 1 aromatic heterocycles. The van der Waals surface area contributed by atoms with Crippen molar-refractivity contribution in [2.24, 2.45) is 5.73 Å². The van der Waals surface area contributed by atoms with E-state index in [-0.39, 0.29) is 18.1 Å². The van der Waals surface area contributed by atoms with Crippen LogP contribution in [0.15, 0.2) is 28.8 Å². The summed E-state index contributed by atoms with van der Waals surface area (Å²) < 4.78 is 16.5. The molecule has 104 valence electrons. The van der Waals surface area contributed by atoms with Gasteiger partial charge in [0.25, 0.3) is 0 Å². The van der Waals surface area contributed by atoms with Crippen LogP contribution in [-0.2, 0) is 11.2 Å². The molecule has 0 bridgehead atoms. The number of ether oxygens (including phenoxy) is 2. The first kappa shape index (κ1) is 11.9. The predicted octanol–water partition coefficient (Wildman–Crippen LogP) is 1.19. The molecule has 0 saturated carbocycles. The molecule has 0 amide bonds. The Kier molecular flexibility index (Phi) is 2.71. The second-order valence-corrected chi connectivity index (χ2v) is 5.22. The molecule has 2 aliphatic rings. The number of hydrogen-bond donors (Lipinski definition) is 1. The van der Waals surface area contributed by atoms with Crippen LogP contribution >= 0.6 is 0 Å². The van der Waals surface area contributed by atoms with Gasteiger partial charge in [-0.25, -0.2) is 0 Å². The Labute approximate surface area is 115 Å². The van der Waals surface area contributed by atoms with Crippen molar-refractivity contribution >= 4 is 0 Å². The molecule has 1 aromatic carbocycles. The number of para-hydroxylation sites is 1.